The molecule has 0 unspecified atom stereocenters. The molecule has 0 bridgehead atoms. The molecule has 0 aliphatic heterocycles. The van der Waals surface area contributed by atoms with Crippen LogP contribution in [-0.2, 0) is 0 Å². The molecule has 3 heterocycles. The van der Waals surface area contributed by atoms with Crippen molar-refractivity contribution in [1.29, 1.82) is 0 Å². The second-order valence-electron chi connectivity index (χ2n) is 7.16. The van der Waals surface area contributed by atoms with Crippen molar-refractivity contribution in [3.05, 3.63) is 48.1 Å². The summed E-state index contributed by atoms with van der Waals surface area (Å²) >= 11 is 0. The van der Waals surface area contributed by atoms with E-state index in [1.807, 2.05) is 44.5 Å². The Morgan fingerprint density at radius 1 is 1.15 bits per heavy atom. The van der Waals surface area contributed by atoms with Gasteiger partial charge in [0.25, 0.3) is 5.91 Å². The van der Waals surface area contributed by atoms with Gasteiger partial charge in [-0.25, -0.2) is 14.6 Å². The molecular formula is C20H21N5O2. The minimum absolute atomic E-state index is 0.208. The summed E-state index contributed by atoms with van der Waals surface area (Å²) < 4.78 is 7.54. The molecule has 1 aromatic carbocycles. The molecule has 0 saturated carbocycles. The topological polar surface area (TPSA) is 85.8 Å². The van der Waals surface area contributed by atoms with Crippen LogP contribution < -0.4 is 5.32 Å². The minimum Gasteiger partial charge on any atom is -0.440 e. The normalized spacial score (nSPS) is 11.8. The average molecular weight is 363 g/mol. The standard InChI is InChI=1S/C20H21N5O2/c1-11(2)20-24-16-8-15(5-6-17(16)27-20)23-19(26)14-7-13-10-22-25(12(3)4)18(13)21-9-14/h5-12H,1-4H3,(H,23,26). The SMILES string of the molecule is CC(C)c1nc2cc(NC(=O)c3cnc4c(cnn4C(C)C)c3)ccc2o1. The Kier molecular flexibility index (Phi) is 4.14. The number of hydrogen-bond acceptors (Lipinski definition) is 5. The van der Waals surface area contributed by atoms with Gasteiger partial charge >= 0.3 is 0 Å². The van der Waals surface area contributed by atoms with Crippen molar-refractivity contribution in [2.75, 3.05) is 5.32 Å². The quantitative estimate of drug-likeness (QED) is 0.576. The van der Waals surface area contributed by atoms with Crippen LogP contribution >= 0.6 is 0 Å². The number of carbonyl (C=O) groups is 1. The molecular weight excluding hydrogens is 342 g/mol. The fourth-order valence-corrected chi connectivity index (χ4v) is 2.92. The zero-order valence-electron chi connectivity index (χ0n) is 15.7. The predicted molar refractivity (Wildman–Crippen MR) is 104 cm³/mol. The second-order valence-corrected chi connectivity index (χ2v) is 7.16. The number of fused-ring (bicyclic) bond motifs is 2. The van der Waals surface area contributed by atoms with E-state index in [4.69, 9.17) is 4.42 Å². The zero-order valence-corrected chi connectivity index (χ0v) is 15.7. The monoisotopic (exact) mass is 363 g/mol. The van der Waals surface area contributed by atoms with Crippen molar-refractivity contribution in [2.24, 2.45) is 0 Å². The molecule has 1 N–H and O–H groups in total. The van der Waals surface area contributed by atoms with Gasteiger partial charge in [-0.3, -0.25) is 4.79 Å². The Morgan fingerprint density at radius 2 is 1.96 bits per heavy atom. The summed E-state index contributed by atoms with van der Waals surface area (Å²) in [5.41, 5.74) is 3.35. The summed E-state index contributed by atoms with van der Waals surface area (Å²) in [4.78, 5) is 21.5. The average Bonchev–Trinajstić information content (AvgIpc) is 3.24. The minimum atomic E-state index is -0.228. The summed E-state index contributed by atoms with van der Waals surface area (Å²) in [7, 11) is 0. The highest BCUT2D eigenvalue weighted by Gasteiger charge is 2.14. The van der Waals surface area contributed by atoms with Crippen molar-refractivity contribution >= 4 is 33.7 Å². The number of amides is 1. The van der Waals surface area contributed by atoms with E-state index >= 15 is 0 Å². The van der Waals surface area contributed by atoms with Crippen LogP contribution in [-0.4, -0.2) is 25.7 Å². The van der Waals surface area contributed by atoms with Gasteiger partial charge in [-0.05, 0) is 38.1 Å². The van der Waals surface area contributed by atoms with Crippen molar-refractivity contribution in [1.82, 2.24) is 19.7 Å². The number of rotatable bonds is 4. The number of anilines is 1. The van der Waals surface area contributed by atoms with Crippen LogP contribution in [0.3, 0.4) is 0 Å². The van der Waals surface area contributed by atoms with Crippen molar-refractivity contribution < 1.29 is 9.21 Å². The van der Waals surface area contributed by atoms with Gasteiger partial charge in [0.2, 0.25) is 0 Å². The third-order valence-electron chi connectivity index (χ3n) is 4.34. The fourth-order valence-electron chi connectivity index (χ4n) is 2.92. The van der Waals surface area contributed by atoms with Crippen LogP contribution in [0.15, 0.2) is 41.1 Å². The molecule has 4 rings (SSSR count). The first-order valence-electron chi connectivity index (χ1n) is 8.97. The number of hydrogen-bond donors (Lipinski definition) is 1. The molecule has 0 aliphatic rings. The zero-order chi connectivity index (χ0) is 19.1. The summed E-state index contributed by atoms with van der Waals surface area (Å²) in [5.74, 6) is 0.666. The molecule has 7 nitrogen and oxygen atoms in total. The Balaban J connectivity index is 1.59. The number of benzene rings is 1. The molecule has 0 fully saturated rings. The van der Waals surface area contributed by atoms with Crippen LogP contribution in [0.5, 0.6) is 0 Å². The van der Waals surface area contributed by atoms with E-state index in [0.29, 0.717) is 22.7 Å². The number of oxazole rings is 1. The van der Waals surface area contributed by atoms with E-state index in [-0.39, 0.29) is 17.9 Å². The molecule has 27 heavy (non-hydrogen) atoms. The van der Waals surface area contributed by atoms with Crippen molar-refractivity contribution in [2.45, 2.75) is 39.7 Å². The molecule has 7 heteroatoms. The van der Waals surface area contributed by atoms with Gasteiger partial charge in [0, 0.05) is 29.2 Å². The summed E-state index contributed by atoms with van der Waals surface area (Å²) in [6, 6.07) is 7.44. The van der Waals surface area contributed by atoms with Gasteiger partial charge in [0.15, 0.2) is 17.1 Å². The van der Waals surface area contributed by atoms with E-state index in [2.05, 4.69) is 20.4 Å². The van der Waals surface area contributed by atoms with Crippen LogP contribution in [0.1, 0.15) is 55.9 Å². The van der Waals surface area contributed by atoms with Crippen LogP contribution in [0.2, 0.25) is 0 Å². The van der Waals surface area contributed by atoms with Crippen molar-refractivity contribution in [3.8, 4) is 0 Å². The largest absolute Gasteiger partial charge is 0.440 e. The molecule has 138 valence electrons. The smallest absolute Gasteiger partial charge is 0.257 e. The lowest BCUT2D eigenvalue weighted by Crippen LogP contribution is -2.12. The van der Waals surface area contributed by atoms with Crippen LogP contribution in [0.25, 0.3) is 22.1 Å². The van der Waals surface area contributed by atoms with Gasteiger partial charge in [-0.1, -0.05) is 13.8 Å². The number of nitrogens with zero attached hydrogens (tertiary/aromatic N) is 4. The third-order valence-corrected chi connectivity index (χ3v) is 4.34. The number of nitrogens with one attached hydrogen (secondary N) is 1. The maximum absolute atomic E-state index is 12.6. The molecule has 0 atom stereocenters. The van der Waals surface area contributed by atoms with E-state index in [1.165, 1.54) is 0 Å². The lowest BCUT2D eigenvalue weighted by molar-refractivity contribution is 0.102. The Morgan fingerprint density at radius 3 is 2.70 bits per heavy atom. The van der Waals surface area contributed by atoms with E-state index in [0.717, 1.165) is 16.6 Å². The first-order chi connectivity index (χ1) is 12.9. The molecule has 1 amide bonds. The van der Waals surface area contributed by atoms with Gasteiger partial charge < -0.3 is 9.73 Å². The van der Waals surface area contributed by atoms with E-state index in [1.54, 1.807) is 24.5 Å². The molecule has 0 spiro atoms. The summed E-state index contributed by atoms with van der Waals surface area (Å²) in [6.45, 7) is 8.13. The molecule has 0 aliphatic carbocycles. The summed E-state index contributed by atoms with van der Waals surface area (Å²) in [6.07, 6.45) is 3.30. The number of aromatic nitrogens is 4. The third kappa shape index (κ3) is 3.16. The fraction of sp³-hybridized carbons (Fsp3) is 0.300. The summed E-state index contributed by atoms with van der Waals surface area (Å²) in [5, 5.41) is 8.07. The maximum Gasteiger partial charge on any atom is 0.257 e. The Labute approximate surface area is 156 Å². The number of pyridine rings is 1. The van der Waals surface area contributed by atoms with E-state index < -0.39 is 0 Å². The molecule has 0 radical (unpaired) electrons. The molecule has 4 aromatic rings. The van der Waals surface area contributed by atoms with Crippen molar-refractivity contribution in [3.63, 3.8) is 0 Å². The highest BCUT2D eigenvalue weighted by atomic mass is 16.3. The second kappa shape index (κ2) is 6.50. The highest BCUT2D eigenvalue weighted by molar-refractivity contribution is 6.06. The highest BCUT2D eigenvalue weighted by Crippen LogP contribution is 2.24. The Bertz CT molecular complexity index is 1140. The maximum atomic E-state index is 12.6. The van der Waals surface area contributed by atoms with Gasteiger partial charge in [0.1, 0.15) is 5.52 Å². The van der Waals surface area contributed by atoms with Gasteiger partial charge in [-0.15, -0.1) is 0 Å². The Hall–Kier alpha value is -3.22. The first kappa shape index (κ1) is 17.2. The van der Waals surface area contributed by atoms with Gasteiger partial charge in [0.05, 0.1) is 11.8 Å². The first-order valence-corrected chi connectivity index (χ1v) is 8.97. The lowest BCUT2D eigenvalue weighted by Gasteiger charge is -2.07. The van der Waals surface area contributed by atoms with Gasteiger partial charge in [-0.2, -0.15) is 5.10 Å². The van der Waals surface area contributed by atoms with Crippen LogP contribution in [0, 0.1) is 0 Å². The lowest BCUT2D eigenvalue weighted by atomic mass is 10.2. The van der Waals surface area contributed by atoms with Crippen LogP contribution in [0.4, 0.5) is 5.69 Å². The molecule has 3 aromatic heterocycles. The molecule has 0 saturated heterocycles. The van der Waals surface area contributed by atoms with E-state index in [9.17, 15) is 4.79 Å². The predicted octanol–water partition coefficient (Wildman–Crippen LogP) is 4.53. The number of carbonyl (C=O) groups excluding carboxylic acids is 1.